The van der Waals surface area contributed by atoms with Gasteiger partial charge in [-0.3, -0.25) is 0 Å². The Morgan fingerprint density at radius 2 is 2.50 bits per heavy atom. The summed E-state index contributed by atoms with van der Waals surface area (Å²) >= 11 is 0. The molecule has 0 aromatic heterocycles. The number of nitrogens with one attached hydrogen (secondary N) is 1. The Morgan fingerprint density at radius 1 is 1.67 bits per heavy atom. The molecular weight excluding hydrogens is 156 g/mol. The molecule has 1 N–H and O–H groups in total. The molecule has 0 aliphatic carbocycles. The second kappa shape index (κ2) is 4.74. The molecule has 0 bridgehead atoms. The molecule has 0 saturated carbocycles. The van der Waals surface area contributed by atoms with Crippen molar-refractivity contribution in [1.82, 2.24) is 5.32 Å². The van der Waals surface area contributed by atoms with Crippen LogP contribution in [-0.2, 0) is 4.79 Å². The van der Waals surface area contributed by atoms with Gasteiger partial charge in [0.1, 0.15) is 6.29 Å². The molecule has 12 heavy (non-hydrogen) atoms. The van der Waals surface area contributed by atoms with Crippen molar-refractivity contribution in [3.63, 3.8) is 0 Å². The van der Waals surface area contributed by atoms with E-state index in [0.717, 1.165) is 19.3 Å². The topological polar surface area (TPSA) is 77.9 Å². The van der Waals surface area contributed by atoms with Crippen molar-refractivity contribution < 1.29 is 4.79 Å². The zero-order valence-corrected chi connectivity index (χ0v) is 6.81. The van der Waals surface area contributed by atoms with Crippen molar-refractivity contribution in [3.8, 4) is 0 Å². The highest BCUT2D eigenvalue weighted by molar-refractivity contribution is 5.54. The highest BCUT2D eigenvalue weighted by atomic mass is 16.1. The van der Waals surface area contributed by atoms with Crippen molar-refractivity contribution in [2.45, 2.75) is 18.9 Å². The molecule has 5 nitrogen and oxygen atoms in total. The van der Waals surface area contributed by atoms with Gasteiger partial charge in [0.15, 0.2) is 0 Å². The Labute approximate surface area is 70.8 Å². The lowest BCUT2D eigenvalue weighted by atomic mass is 10.0. The van der Waals surface area contributed by atoms with E-state index >= 15 is 0 Å². The van der Waals surface area contributed by atoms with Gasteiger partial charge in [-0.05, 0) is 24.9 Å². The Kier molecular flexibility index (Phi) is 3.57. The van der Waals surface area contributed by atoms with Gasteiger partial charge in [0.2, 0.25) is 0 Å². The molecule has 0 spiro atoms. The third-order valence-electron chi connectivity index (χ3n) is 2.04. The summed E-state index contributed by atoms with van der Waals surface area (Å²) in [5.74, 6) is 0.00278. The summed E-state index contributed by atoms with van der Waals surface area (Å²) < 4.78 is 0. The number of carbonyl (C=O) groups is 1. The molecule has 1 rings (SSSR count). The highest BCUT2D eigenvalue weighted by Gasteiger charge is 2.17. The van der Waals surface area contributed by atoms with Gasteiger partial charge in [-0.1, -0.05) is 5.11 Å². The molecule has 66 valence electrons. The van der Waals surface area contributed by atoms with Gasteiger partial charge in [-0.25, -0.2) is 0 Å². The van der Waals surface area contributed by atoms with Crippen LogP contribution in [0, 0.1) is 5.92 Å². The molecule has 1 aliphatic rings. The second-order valence-electron chi connectivity index (χ2n) is 2.98. The predicted octanol–water partition coefficient (Wildman–Crippen LogP) is 0.864. The Balaban J connectivity index is 2.52. The molecule has 0 aromatic rings. The minimum Gasteiger partial charge on any atom is -0.316 e. The Bertz CT molecular complexity index is 200. The number of hydrogen-bond acceptors (Lipinski definition) is 3. The summed E-state index contributed by atoms with van der Waals surface area (Å²) in [5.41, 5.74) is 8.22. The number of rotatable bonds is 2. The minimum atomic E-state index is -0.0137. The van der Waals surface area contributed by atoms with Crippen LogP contribution in [0.2, 0.25) is 0 Å². The standard InChI is InChI=1S/C7H12N4O/c8-11-10-7-1-2-9-4-6(3-7)5-12/h5-7,9H,1-4H2. The molecule has 0 aromatic carbocycles. The summed E-state index contributed by atoms with van der Waals surface area (Å²) in [4.78, 5) is 13.2. The predicted molar refractivity (Wildman–Crippen MR) is 44.6 cm³/mol. The Hall–Kier alpha value is -1.06. The normalized spacial score (nSPS) is 30.0. The van der Waals surface area contributed by atoms with E-state index in [1.54, 1.807) is 0 Å². The SMILES string of the molecule is [N-]=[N+]=NC1CCNCC(C=O)C1. The van der Waals surface area contributed by atoms with Gasteiger partial charge in [-0.2, -0.15) is 0 Å². The lowest BCUT2D eigenvalue weighted by Gasteiger charge is -2.08. The minimum absolute atomic E-state index is 0.00278. The smallest absolute Gasteiger partial charge is 0.124 e. The monoisotopic (exact) mass is 168 g/mol. The molecule has 2 unspecified atom stereocenters. The van der Waals surface area contributed by atoms with E-state index in [9.17, 15) is 4.79 Å². The van der Waals surface area contributed by atoms with Crippen LogP contribution in [0.25, 0.3) is 10.4 Å². The van der Waals surface area contributed by atoms with Gasteiger partial charge in [-0.15, -0.1) is 0 Å². The number of aldehydes is 1. The first-order valence-electron chi connectivity index (χ1n) is 4.07. The van der Waals surface area contributed by atoms with Gasteiger partial charge in [0, 0.05) is 23.4 Å². The van der Waals surface area contributed by atoms with Crippen LogP contribution in [0.1, 0.15) is 12.8 Å². The van der Waals surface area contributed by atoms with Crippen LogP contribution < -0.4 is 5.32 Å². The fourth-order valence-electron chi connectivity index (χ4n) is 1.39. The van der Waals surface area contributed by atoms with Gasteiger partial charge in [0.25, 0.3) is 0 Å². The van der Waals surface area contributed by atoms with Crippen molar-refractivity contribution in [2.24, 2.45) is 11.0 Å². The fourth-order valence-corrected chi connectivity index (χ4v) is 1.39. The third-order valence-corrected chi connectivity index (χ3v) is 2.04. The largest absolute Gasteiger partial charge is 0.316 e. The average molecular weight is 168 g/mol. The molecule has 1 fully saturated rings. The molecular formula is C7H12N4O. The lowest BCUT2D eigenvalue weighted by Crippen LogP contribution is -2.21. The molecule has 1 aliphatic heterocycles. The summed E-state index contributed by atoms with van der Waals surface area (Å²) in [7, 11) is 0. The summed E-state index contributed by atoms with van der Waals surface area (Å²) in [6.07, 6.45) is 2.44. The highest BCUT2D eigenvalue weighted by Crippen LogP contribution is 2.13. The first kappa shape index (κ1) is 9.03. The van der Waals surface area contributed by atoms with Crippen LogP contribution in [-0.4, -0.2) is 25.4 Å². The maximum atomic E-state index is 10.5. The van der Waals surface area contributed by atoms with Crippen LogP contribution in [0.15, 0.2) is 5.11 Å². The van der Waals surface area contributed by atoms with Crippen molar-refractivity contribution in [1.29, 1.82) is 0 Å². The zero-order chi connectivity index (χ0) is 8.81. The Morgan fingerprint density at radius 3 is 3.17 bits per heavy atom. The number of hydrogen-bond donors (Lipinski definition) is 1. The van der Waals surface area contributed by atoms with Crippen molar-refractivity contribution >= 4 is 6.29 Å². The summed E-state index contributed by atoms with van der Waals surface area (Å²) in [6, 6.07) is -0.0137. The quantitative estimate of drug-likeness (QED) is 0.287. The first-order valence-corrected chi connectivity index (χ1v) is 4.07. The van der Waals surface area contributed by atoms with E-state index in [1.165, 1.54) is 0 Å². The number of nitrogens with zero attached hydrogens (tertiary/aromatic N) is 3. The summed E-state index contributed by atoms with van der Waals surface area (Å²) in [6.45, 7) is 1.54. The molecule has 0 radical (unpaired) electrons. The van der Waals surface area contributed by atoms with E-state index in [2.05, 4.69) is 15.3 Å². The second-order valence-corrected chi connectivity index (χ2v) is 2.98. The van der Waals surface area contributed by atoms with Crippen LogP contribution >= 0.6 is 0 Å². The van der Waals surface area contributed by atoms with Crippen LogP contribution in [0.4, 0.5) is 0 Å². The van der Waals surface area contributed by atoms with E-state index in [0.29, 0.717) is 13.0 Å². The first-order chi connectivity index (χ1) is 5.86. The fraction of sp³-hybridized carbons (Fsp3) is 0.857. The van der Waals surface area contributed by atoms with Gasteiger partial charge in [0.05, 0.1) is 0 Å². The average Bonchev–Trinajstić information content (AvgIpc) is 2.30. The molecule has 0 amide bonds. The lowest BCUT2D eigenvalue weighted by molar-refractivity contribution is -0.111. The van der Waals surface area contributed by atoms with Crippen molar-refractivity contribution in [3.05, 3.63) is 10.4 Å². The molecule has 1 heterocycles. The zero-order valence-electron chi connectivity index (χ0n) is 6.81. The van der Waals surface area contributed by atoms with Crippen LogP contribution in [0.5, 0.6) is 0 Å². The number of carbonyl (C=O) groups excluding carboxylic acids is 1. The maximum absolute atomic E-state index is 10.5. The van der Waals surface area contributed by atoms with Crippen LogP contribution in [0.3, 0.4) is 0 Å². The van der Waals surface area contributed by atoms with E-state index in [1.807, 2.05) is 0 Å². The van der Waals surface area contributed by atoms with Crippen molar-refractivity contribution in [2.75, 3.05) is 13.1 Å². The molecule has 1 saturated heterocycles. The van der Waals surface area contributed by atoms with E-state index in [-0.39, 0.29) is 12.0 Å². The number of azide groups is 1. The van der Waals surface area contributed by atoms with E-state index < -0.39 is 0 Å². The molecule has 5 heteroatoms. The van der Waals surface area contributed by atoms with Gasteiger partial charge >= 0.3 is 0 Å². The molecule has 2 atom stereocenters. The maximum Gasteiger partial charge on any atom is 0.124 e. The summed E-state index contributed by atoms with van der Waals surface area (Å²) in [5, 5.41) is 6.75. The van der Waals surface area contributed by atoms with Gasteiger partial charge < -0.3 is 10.1 Å². The third kappa shape index (κ3) is 2.53. The van der Waals surface area contributed by atoms with E-state index in [4.69, 9.17) is 5.53 Å².